The Labute approximate surface area is 187 Å². The molecule has 0 fully saturated rings. The van der Waals surface area contributed by atoms with Crippen LogP contribution in [-0.4, -0.2) is 15.7 Å². The van der Waals surface area contributed by atoms with E-state index < -0.39 is 29.2 Å². The number of amides is 1. The second-order valence-corrected chi connectivity index (χ2v) is 7.88. The third-order valence-corrected chi connectivity index (χ3v) is 5.40. The molecule has 33 heavy (non-hydrogen) atoms. The Kier molecular flexibility index (Phi) is 5.49. The topological polar surface area (TPSA) is 100 Å². The maximum absolute atomic E-state index is 14.2. The van der Waals surface area contributed by atoms with Crippen molar-refractivity contribution in [3.8, 4) is 17.1 Å². The summed E-state index contributed by atoms with van der Waals surface area (Å²) in [4.78, 5) is 24.9. The Morgan fingerprint density at radius 1 is 1.24 bits per heavy atom. The number of nitrogens with two attached hydrogens (primary N) is 1. The largest absolute Gasteiger partial charge is 0.485 e. The lowest BCUT2D eigenvalue weighted by molar-refractivity contribution is 0.0988. The fourth-order valence-electron chi connectivity index (χ4n) is 3.80. The highest BCUT2D eigenvalue weighted by molar-refractivity contribution is 5.96. The molecule has 4 aromatic rings. The van der Waals surface area contributed by atoms with Gasteiger partial charge in [-0.25, -0.2) is 8.78 Å². The number of aromatic nitrogens is 2. The summed E-state index contributed by atoms with van der Waals surface area (Å²) in [7, 11) is 1.75. The molecular weight excluding hydrogens is 432 g/mol. The molecule has 0 bridgehead atoms. The zero-order valence-electron chi connectivity index (χ0n) is 18.4. The summed E-state index contributed by atoms with van der Waals surface area (Å²) < 4.78 is 41.4. The van der Waals surface area contributed by atoms with Crippen LogP contribution in [0.4, 0.5) is 8.78 Å². The van der Waals surface area contributed by atoms with Crippen molar-refractivity contribution in [3.05, 3.63) is 80.8 Å². The van der Waals surface area contributed by atoms with E-state index in [1.807, 2.05) is 6.92 Å². The number of fused-ring (bicyclic) bond motifs is 1. The first-order valence-corrected chi connectivity index (χ1v) is 10.1. The first-order chi connectivity index (χ1) is 15.6. The number of carbonyl (C=O) groups excluding carboxylic acids is 1. The Hall–Kier alpha value is -4.01. The van der Waals surface area contributed by atoms with Gasteiger partial charge in [0.1, 0.15) is 28.8 Å². The molecule has 2 aromatic carbocycles. The first kappa shape index (κ1) is 22.2. The van der Waals surface area contributed by atoms with Crippen LogP contribution in [0, 0.1) is 25.5 Å². The average Bonchev–Trinajstić information content (AvgIpc) is 3.18. The van der Waals surface area contributed by atoms with E-state index in [4.69, 9.17) is 14.9 Å². The van der Waals surface area contributed by atoms with E-state index in [9.17, 15) is 18.4 Å². The molecule has 2 N–H and O–H groups in total. The fraction of sp³-hybridized carbons (Fsp3) is 0.208. The standard InChI is InChI=1S/C24H21F2N3O4/c1-11-7-15(13(3)32-18-6-5-17(25)20(26)19(18)24(27)31)23-16(8-11)21(30)12(2)22(33-23)14-9-28-29(4)10-14/h5-10,13H,1-4H3,(H2,27,31). The molecule has 2 heterocycles. The molecule has 0 spiro atoms. The second kappa shape index (κ2) is 8.16. The van der Waals surface area contributed by atoms with Gasteiger partial charge in [0, 0.05) is 24.4 Å². The molecule has 2 aromatic heterocycles. The van der Waals surface area contributed by atoms with Gasteiger partial charge in [-0.05, 0) is 50.6 Å². The molecule has 0 radical (unpaired) electrons. The maximum atomic E-state index is 14.2. The summed E-state index contributed by atoms with van der Waals surface area (Å²) in [6.45, 7) is 5.13. The zero-order valence-corrected chi connectivity index (χ0v) is 18.4. The van der Waals surface area contributed by atoms with Crippen LogP contribution in [0.2, 0.25) is 0 Å². The monoisotopic (exact) mass is 453 g/mol. The average molecular weight is 453 g/mol. The third-order valence-electron chi connectivity index (χ3n) is 5.40. The molecule has 0 saturated carbocycles. The van der Waals surface area contributed by atoms with Crippen molar-refractivity contribution in [2.45, 2.75) is 26.9 Å². The van der Waals surface area contributed by atoms with Gasteiger partial charge in [-0.15, -0.1) is 0 Å². The van der Waals surface area contributed by atoms with Crippen LogP contribution in [-0.2, 0) is 7.05 Å². The van der Waals surface area contributed by atoms with Crippen molar-refractivity contribution >= 4 is 16.9 Å². The number of hydrogen-bond donors (Lipinski definition) is 1. The van der Waals surface area contributed by atoms with E-state index in [0.29, 0.717) is 27.8 Å². The van der Waals surface area contributed by atoms with E-state index in [1.165, 1.54) is 0 Å². The Morgan fingerprint density at radius 2 is 1.97 bits per heavy atom. The molecule has 0 aliphatic rings. The van der Waals surface area contributed by atoms with Crippen molar-refractivity contribution in [2.75, 3.05) is 0 Å². The van der Waals surface area contributed by atoms with Crippen LogP contribution in [0.25, 0.3) is 22.3 Å². The number of nitrogens with zero attached hydrogens (tertiary/aromatic N) is 2. The first-order valence-electron chi connectivity index (χ1n) is 10.1. The normalized spacial score (nSPS) is 12.2. The van der Waals surface area contributed by atoms with E-state index in [-0.39, 0.29) is 16.8 Å². The lowest BCUT2D eigenvalue weighted by Crippen LogP contribution is -2.17. The summed E-state index contributed by atoms with van der Waals surface area (Å²) in [5.74, 6) is -3.62. The van der Waals surface area contributed by atoms with Gasteiger partial charge in [-0.2, -0.15) is 5.10 Å². The van der Waals surface area contributed by atoms with Crippen LogP contribution in [0.1, 0.15) is 40.1 Å². The van der Waals surface area contributed by atoms with Crippen molar-refractivity contribution in [2.24, 2.45) is 12.8 Å². The van der Waals surface area contributed by atoms with Crippen molar-refractivity contribution in [1.82, 2.24) is 9.78 Å². The fourth-order valence-corrected chi connectivity index (χ4v) is 3.80. The number of aryl methyl sites for hydroxylation is 2. The SMILES string of the molecule is Cc1cc(C(C)Oc2ccc(F)c(F)c2C(N)=O)c2oc(-c3cnn(C)c3)c(C)c(=O)c2c1. The summed E-state index contributed by atoms with van der Waals surface area (Å²) in [5.41, 5.74) is 6.95. The number of hydrogen-bond acceptors (Lipinski definition) is 5. The maximum Gasteiger partial charge on any atom is 0.255 e. The van der Waals surface area contributed by atoms with Crippen molar-refractivity contribution < 1.29 is 22.7 Å². The van der Waals surface area contributed by atoms with Crippen molar-refractivity contribution in [1.29, 1.82) is 0 Å². The number of ether oxygens (including phenoxy) is 1. The summed E-state index contributed by atoms with van der Waals surface area (Å²) in [6.07, 6.45) is 2.51. The number of halogens is 2. The molecule has 170 valence electrons. The van der Waals surface area contributed by atoms with Crippen molar-refractivity contribution in [3.63, 3.8) is 0 Å². The summed E-state index contributed by atoms with van der Waals surface area (Å²) >= 11 is 0. The lowest BCUT2D eigenvalue weighted by Gasteiger charge is -2.19. The van der Waals surface area contributed by atoms with Gasteiger partial charge in [0.2, 0.25) is 0 Å². The molecule has 0 aliphatic carbocycles. The molecular formula is C24H21F2N3O4. The Balaban J connectivity index is 1.89. The van der Waals surface area contributed by atoms with E-state index >= 15 is 0 Å². The van der Waals surface area contributed by atoms with Gasteiger partial charge in [0.05, 0.1) is 17.1 Å². The van der Waals surface area contributed by atoms with E-state index in [2.05, 4.69) is 5.10 Å². The second-order valence-electron chi connectivity index (χ2n) is 7.88. The van der Waals surface area contributed by atoms with Gasteiger partial charge in [0.25, 0.3) is 5.91 Å². The van der Waals surface area contributed by atoms with Gasteiger partial charge < -0.3 is 14.9 Å². The summed E-state index contributed by atoms with van der Waals surface area (Å²) in [6, 6.07) is 5.46. The number of rotatable bonds is 5. The lowest BCUT2D eigenvalue weighted by atomic mass is 10.0. The van der Waals surface area contributed by atoms with Gasteiger partial charge in [-0.1, -0.05) is 0 Å². The highest BCUT2D eigenvalue weighted by atomic mass is 19.2. The molecule has 7 nitrogen and oxygen atoms in total. The summed E-state index contributed by atoms with van der Waals surface area (Å²) in [5, 5.41) is 4.49. The number of benzene rings is 2. The van der Waals surface area contributed by atoms with E-state index in [0.717, 1.165) is 17.7 Å². The van der Waals surface area contributed by atoms with Crippen LogP contribution >= 0.6 is 0 Å². The predicted molar refractivity (Wildman–Crippen MR) is 118 cm³/mol. The molecule has 1 atom stereocenters. The highest BCUT2D eigenvalue weighted by Gasteiger charge is 2.24. The minimum Gasteiger partial charge on any atom is -0.485 e. The molecule has 9 heteroatoms. The number of primary amides is 1. The van der Waals surface area contributed by atoms with Gasteiger partial charge in [0.15, 0.2) is 17.1 Å². The minimum absolute atomic E-state index is 0.210. The number of carbonyl (C=O) groups is 1. The molecule has 4 rings (SSSR count). The van der Waals surface area contributed by atoms with E-state index in [1.54, 1.807) is 50.1 Å². The predicted octanol–water partition coefficient (Wildman–Crippen LogP) is 4.33. The van der Waals surface area contributed by atoms with Gasteiger partial charge >= 0.3 is 0 Å². The Bertz CT molecular complexity index is 1470. The quantitative estimate of drug-likeness (QED) is 0.485. The molecule has 1 unspecified atom stereocenters. The van der Waals surface area contributed by atoms with Crippen LogP contribution in [0.15, 0.2) is 45.9 Å². The highest BCUT2D eigenvalue weighted by Crippen LogP contribution is 2.34. The third kappa shape index (κ3) is 3.86. The van der Waals surface area contributed by atoms with Crippen LogP contribution in [0.5, 0.6) is 5.75 Å². The minimum atomic E-state index is -1.39. The van der Waals surface area contributed by atoms with Gasteiger partial charge in [-0.3, -0.25) is 14.3 Å². The molecule has 0 saturated heterocycles. The smallest absolute Gasteiger partial charge is 0.255 e. The Morgan fingerprint density at radius 3 is 2.61 bits per heavy atom. The van der Waals surface area contributed by atoms with Crippen LogP contribution < -0.4 is 15.9 Å². The van der Waals surface area contributed by atoms with Crippen LogP contribution in [0.3, 0.4) is 0 Å². The molecule has 1 amide bonds. The zero-order chi connectivity index (χ0) is 24.0. The molecule has 0 aliphatic heterocycles.